The lowest BCUT2D eigenvalue weighted by atomic mass is 10.2. The van der Waals surface area contributed by atoms with Crippen LogP contribution in [0.15, 0.2) is 58.1 Å². The second kappa shape index (κ2) is 4.82. The summed E-state index contributed by atoms with van der Waals surface area (Å²) in [7, 11) is 1.55. The van der Waals surface area contributed by atoms with E-state index in [1.165, 1.54) is 4.57 Å². The van der Waals surface area contributed by atoms with Crippen LogP contribution in [0.1, 0.15) is 0 Å². The normalized spacial score (nSPS) is 10.7. The molecular formula is C15H12N2O4. The zero-order chi connectivity index (χ0) is 15.0. The standard InChI is InChI=1S/C15H12N2O4/c1-21-11-8-6-10(7-9-11)16-13-5-3-2-4-12(13)14(18)17(20)15(16)19/h2-9,20H,1H3. The van der Waals surface area contributed by atoms with E-state index in [9.17, 15) is 14.8 Å². The third kappa shape index (κ3) is 1.97. The molecule has 0 saturated heterocycles. The lowest BCUT2D eigenvalue weighted by Gasteiger charge is -2.11. The van der Waals surface area contributed by atoms with E-state index in [1.807, 2.05) is 0 Å². The number of methoxy groups -OCH3 is 1. The number of aromatic nitrogens is 2. The average Bonchev–Trinajstić information content (AvgIpc) is 2.53. The molecule has 0 saturated carbocycles. The van der Waals surface area contributed by atoms with Crippen LogP contribution >= 0.6 is 0 Å². The second-order valence-electron chi connectivity index (χ2n) is 4.45. The Kier molecular flexibility index (Phi) is 2.98. The number of rotatable bonds is 2. The zero-order valence-corrected chi connectivity index (χ0v) is 11.2. The quantitative estimate of drug-likeness (QED) is 0.722. The fourth-order valence-corrected chi connectivity index (χ4v) is 2.23. The maximum absolute atomic E-state index is 12.2. The van der Waals surface area contributed by atoms with Gasteiger partial charge in [0.05, 0.1) is 23.7 Å². The number of benzene rings is 2. The second-order valence-corrected chi connectivity index (χ2v) is 4.45. The molecule has 0 atom stereocenters. The lowest BCUT2D eigenvalue weighted by molar-refractivity contribution is 0.160. The molecule has 2 aromatic carbocycles. The highest BCUT2D eigenvalue weighted by atomic mass is 16.5. The molecular weight excluding hydrogens is 272 g/mol. The number of hydrogen-bond donors (Lipinski definition) is 1. The minimum Gasteiger partial charge on any atom is -0.497 e. The van der Waals surface area contributed by atoms with Crippen molar-refractivity contribution in [1.82, 2.24) is 9.30 Å². The molecule has 6 nitrogen and oxygen atoms in total. The topological polar surface area (TPSA) is 73.5 Å². The van der Waals surface area contributed by atoms with E-state index in [2.05, 4.69) is 0 Å². The Labute approximate surface area is 119 Å². The average molecular weight is 284 g/mol. The van der Waals surface area contributed by atoms with E-state index >= 15 is 0 Å². The van der Waals surface area contributed by atoms with Gasteiger partial charge >= 0.3 is 5.69 Å². The predicted octanol–water partition coefficient (Wildman–Crippen LogP) is 1.40. The summed E-state index contributed by atoms with van der Waals surface area (Å²) >= 11 is 0. The van der Waals surface area contributed by atoms with E-state index < -0.39 is 11.2 Å². The van der Waals surface area contributed by atoms with Crippen LogP contribution in [0.4, 0.5) is 0 Å². The van der Waals surface area contributed by atoms with Gasteiger partial charge in [0.2, 0.25) is 0 Å². The van der Waals surface area contributed by atoms with Gasteiger partial charge in [-0.1, -0.05) is 16.9 Å². The maximum atomic E-state index is 12.2. The van der Waals surface area contributed by atoms with E-state index in [1.54, 1.807) is 55.6 Å². The van der Waals surface area contributed by atoms with Gasteiger partial charge in [0.1, 0.15) is 5.75 Å². The Morgan fingerprint density at radius 2 is 1.67 bits per heavy atom. The Morgan fingerprint density at radius 1 is 1.00 bits per heavy atom. The number of para-hydroxylation sites is 1. The molecule has 0 fully saturated rings. The van der Waals surface area contributed by atoms with Crippen LogP contribution < -0.4 is 16.0 Å². The molecule has 0 bridgehead atoms. The van der Waals surface area contributed by atoms with Crippen molar-refractivity contribution in [2.24, 2.45) is 0 Å². The van der Waals surface area contributed by atoms with Gasteiger partial charge in [0.15, 0.2) is 0 Å². The van der Waals surface area contributed by atoms with Gasteiger partial charge in [-0.3, -0.25) is 9.36 Å². The van der Waals surface area contributed by atoms with Crippen LogP contribution in [0.25, 0.3) is 16.6 Å². The first-order valence-corrected chi connectivity index (χ1v) is 6.24. The summed E-state index contributed by atoms with van der Waals surface area (Å²) in [6.45, 7) is 0. The Bertz CT molecular complexity index is 923. The summed E-state index contributed by atoms with van der Waals surface area (Å²) in [4.78, 5) is 24.1. The molecule has 0 amide bonds. The molecule has 3 rings (SSSR count). The fraction of sp³-hybridized carbons (Fsp3) is 0.0667. The van der Waals surface area contributed by atoms with Gasteiger partial charge in [-0.05, 0) is 36.4 Å². The van der Waals surface area contributed by atoms with Gasteiger partial charge in [0.25, 0.3) is 5.56 Å². The molecule has 0 spiro atoms. The Morgan fingerprint density at radius 3 is 2.33 bits per heavy atom. The molecule has 0 aliphatic rings. The van der Waals surface area contributed by atoms with Crippen molar-refractivity contribution >= 4 is 10.9 Å². The summed E-state index contributed by atoms with van der Waals surface area (Å²) in [5.74, 6) is 0.647. The molecule has 3 aromatic rings. The molecule has 106 valence electrons. The predicted molar refractivity (Wildman–Crippen MR) is 77.5 cm³/mol. The minimum absolute atomic E-state index is 0.118. The van der Waals surface area contributed by atoms with E-state index in [4.69, 9.17) is 4.74 Å². The van der Waals surface area contributed by atoms with Crippen molar-refractivity contribution in [3.05, 3.63) is 69.4 Å². The molecule has 21 heavy (non-hydrogen) atoms. The molecule has 0 unspecified atom stereocenters. The van der Waals surface area contributed by atoms with Crippen molar-refractivity contribution < 1.29 is 9.94 Å². The molecule has 0 aliphatic heterocycles. The van der Waals surface area contributed by atoms with Gasteiger partial charge in [-0.2, -0.15) is 0 Å². The van der Waals surface area contributed by atoms with Crippen LogP contribution in [0.2, 0.25) is 0 Å². The smallest absolute Gasteiger partial charge is 0.369 e. The summed E-state index contributed by atoms with van der Waals surface area (Å²) in [6, 6.07) is 13.4. The van der Waals surface area contributed by atoms with Crippen molar-refractivity contribution in [3.8, 4) is 11.4 Å². The molecule has 1 N–H and O–H groups in total. The monoisotopic (exact) mass is 284 g/mol. The van der Waals surface area contributed by atoms with Crippen LogP contribution in [-0.4, -0.2) is 21.6 Å². The van der Waals surface area contributed by atoms with Crippen LogP contribution in [0.5, 0.6) is 5.75 Å². The zero-order valence-electron chi connectivity index (χ0n) is 11.2. The van der Waals surface area contributed by atoms with Crippen molar-refractivity contribution in [2.45, 2.75) is 0 Å². The molecule has 1 aromatic heterocycles. The molecule has 1 heterocycles. The van der Waals surface area contributed by atoms with Crippen molar-refractivity contribution in [3.63, 3.8) is 0 Å². The molecule has 0 aliphatic carbocycles. The maximum Gasteiger partial charge on any atom is 0.369 e. The first-order chi connectivity index (χ1) is 10.1. The third-order valence-electron chi connectivity index (χ3n) is 3.27. The van der Waals surface area contributed by atoms with Crippen LogP contribution in [0.3, 0.4) is 0 Å². The SMILES string of the molecule is COc1ccc(-n2c(=O)n(O)c(=O)c3ccccc32)cc1. The minimum atomic E-state index is -0.816. The summed E-state index contributed by atoms with van der Waals surface area (Å²) in [5.41, 5.74) is -0.591. The van der Waals surface area contributed by atoms with Gasteiger partial charge in [-0.15, -0.1) is 0 Å². The van der Waals surface area contributed by atoms with E-state index in [0.717, 1.165) is 0 Å². The largest absolute Gasteiger partial charge is 0.497 e. The lowest BCUT2D eigenvalue weighted by Crippen LogP contribution is -2.38. The highest BCUT2D eigenvalue weighted by Gasteiger charge is 2.13. The van der Waals surface area contributed by atoms with Gasteiger partial charge < -0.3 is 9.94 Å². The number of fused-ring (bicyclic) bond motifs is 1. The van der Waals surface area contributed by atoms with Crippen molar-refractivity contribution in [1.29, 1.82) is 0 Å². The number of hydrogen-bond acceptors (Lipinski definition) is 4. The molecule has 6 heteroatoms. The van der Waals surface area contributed by atoms with Crippen molar-refractivity contribution in [2.75, 3.05) is 7.11 Å². The number of nitrogens with zero attached hydrogens (tertiary/aromatic N) is 2. The van der Waals surface area contributed by atoms with E-state index in [-0.39, 0.29) is 10.1 Å². The summed E-state index contributed by atoms with van der Waals surface area (Å²) < 4.78 is 6.47. The van der Waals surface area contributed by atoms with Crippen LogP contribution in [0, 0.1) is 0 Å². The van der Waals surface area contributed by atoms with Gasteiger partial charge in [0, 0.05) is 0 Å². The number of ether oxygens (including phenoxy) is 1. The van der Waals surface area contributed by atoms with Gasteiger partial charge in [-0.25, -0.2) is 4.79 Å². The Balaban J connectivity index is 2.41. The Hall–Kier alpha value is -3.02. The van der Waals surface area contributed by atoms with Crippen LogP contribution in [-0.2, 0) is 0 Å². The first-order valence-electron chi connectivity index (χ1n) is 6.24. The fourth-order valence-electron chi connectivity index (χ4n) is 2.23. The van der Waals surface area contributed by atoms with E-state index in [0.29, 0.717) is 17.0 Å². The summed E-state index contributed by atoms with van der Waals surface area (Å²) in [5, 5.41) is 9.95. The highest BCUT2D eigenvalue weighted by molar-refractivity contribution is 5.79. The third-order valence-corrected chi connectivity index (χ3v) is 3.27. The first kappa shape index (κ1) is 13.0. The molecule has 0 radical (unpaired) electrons. The highest BCUT2D eigenvalue weighted by Crippen LogP contribution is 2.17. The summed E-state index contributed by atoms with van der Waals surface area (Å²) in [6.07, 6.45) is 0.